The molecule has 1 aromatic carbocycles. The molecule has 0 saturated heterocycles. The summed E-state index contributed by atoms with van der Waals surface area (Å²) in [4.78, 5) is 10.3. The van der Waals surface area contributed by atoms with Crippen LogP contribution in [0.3, 0.4) is 0 Å². The number of aromatic nitrogens is 3. The summed E-state index contributed by atoms with van der Waals surface area (Å²) in [6, 6.07) is 4.36. The van der Waals surface area contributed by atoms with E-state index in [2.05, 4.69) is 24.4 Å². The Labute approximate surface area is 157 Å². The molecule has 0 unspecified atom stereocenters. The van der Waals surface area contributed by atoms with E-state index in [0.29, 0.717) is 15.9 Å². The van der Waals surface area contributed by atoms with E-state index in [1.165, 1.54) is 13.3 Å². The fourth-order valence-electron chi connectivity index (χ4n) is 2.28. The minimum Gasteiger partial charge on any atom is -0.479 e. The molecule has 3 aromatic rings. The van der Waals surface area contributed by atoms with Crippen molar-refractivity contribution in [3.63, 3.8) is 0 Å². The maximum absolute atomic E-state index is 12.7. The SMILES string of the molecule is COc1nc(OCC(F)F)ncc1NS(=O)(=O)c1c[nH]c2cc(Cl)ccc12. The summed E-state index contributed by atoms with van der Waals surface area (Å²) >= 11 is 5.89. The molecule has 12 heteroatoms. The van der Waals surface area contributed by atoms with Crippen molar-refractivity contribution in [2.45, 2.75) is 11.3 Å². The molecule has 0 aliphatic carbocycles. The second kappa shape index (κ2) is 7.53. The normalized spacial score (nSPS) is 11.7. The van der Waals surface area contributed by atoms with Gasteiger partial charge in [0.1, 0.15) is 10.6 Å². The topological polar surface area (TPSA) is 106 Å². The second-order valence-corrected chi connectivity index (χ2v) is 7.31. The van der Waals surface area contributed by atoms with Gasteiger partial charge >= 0.3 is 6.01 Å². The Bertz CT molecular complexity index is 1070. The highest BCUT2D eigenvalue weighted by molar-refractivity contribution is 7.93. The van der Waals surface area contributed by atoms with Crippen molar-refractivity contribution in [2.24, 2.45) is 0 Å². The molecule has 144 valence electrons. The molecule has 0 amide bonds. The molecule has 0 spiro atoms. The van der Waals surface area contributed by atoms with Crippen LogP contribution in [0.5, 0.6) is 11.9 Å². The number of methoxy groups -OCH3 is 1. The molecule has 3 rings (SSSR count). The molecule has 0 aliphatic heterocycles. The van der Waals surface area contributed by atoms with E-state index in [9.17, 15) is 17.2 Å². The Hall–Kier alpha value is -2.66. The fourth-order valence-corrected chi connectivity index (χ4v) is 3.67. The van der Waals surface area contributed by atoms with Crippen LogP contribution in [0.25, 0.3) is 10.9 Å². The maximum Gasteiger partial charge on any atom is 0.320 e. The number of nitrogens with one attached hydrogen (secondary N) is 2. The minimum absolute atomic E-state index is 0.0192. The lowest BCUT2D eigenvalue weighted by molar-refractivity contribution is 0.0766. The van der Waals surface area contributed by atoms with Gasteiger partial charge in [-0.15, -0.1) is 0 Å². The molecule has 0 radical (unpaired) electrons. The Balaban J connectivity index is 1.90. The molecule has 0 atom stereocenters. The van der Waals surface area contributed by atoms with Gasteiger partial charge in [-0.3, -0.25) is 4.72 Å². The van der Waals surface area contributed by atoms with Crippen LogP contribution in [-0.2, 0) is 10.0 Å². The van der Waals surface area contributed by atoms with Gasteiger partial charge in [-0.25, -0.2) is 22.2 Å². The van der Waals surface area contributed by atoms with Gasteiger partial charge in [0.25, 0.3) is 16.4 Å². The van der Waals surface area contributed by atoms with Crippen LogP contribution < -0.4 is 14.2 Å². The van der Waals surface area contributed by atoms with E-state index < -0.39 is 23.1 Å². The van der Waals surface area contributed by atoms with Crippen LogP contribution in [0.1, 0.15) is 0 Å². The summed E-state index contributed by atoms with van der Waals surface area (Å²) in [5.41, 5.74) is 0.465. The van der Waals surface area contributed by atoms with Gasteiger partial charge in [-0.1, -0.05) is 11.6 Å². The first-order valence-corrected chi connectivity index (χ1v) is 9.27. The van der Waals surface area contributed by atoms with Gasteiger partial charge in [0.15, 0.2) is 6.61 Å². The van der Waals surface area contributed by atoms with Crippen molar-refractivity contribution in [3.05, 3.63) is 35.6 Å². The maximum atomic E-state index is 12.7. The van der Waals surface area contributed by atoms with Gasteiger partial charge in [0, 0.05) is 22.1 Å². The second-order valence-electron chi connectivity index (χ2n) is 5.23. The molecule has 0 aliphatic rings. The van der Waals surface area contributed by atoms with Crippen LogP contribution in [0.2, 0.25) is 5.02 Å². The third-order valence-electron chi connectivity index (χ3n) is 3.40. The van der Waals surface area contributed by atoms with Gasteiger partial charge in [0.05, 0.1) is 13.3 Å². The molecule has 0 fully saturated rings. The van der Waals surface area contributed by atoms with Gasteiger partial charge < -0.3 is 14.5 Å². The number of halogens is 3. The number of alkyl halides is 2. The summed E-state index contributed by atoms with van der Waals surface area (Å²) in [7, 11) is -2.78. The molecule has 8 nitrogen and oxygen atoms in total. The molecule has 0 bridgehead atoms. The minimum atomic E-state index is -4.03. The number of hydrogen-bond acceptors (Lipinski definition) is 6. The predicted molar refractivity (Wildman–Crippen MR) is 94.2 cm³/mol. The van der Waals surface area contributed by atoms with E-state index in [0.717, 1.165) is 6.20 Å². The number of nitrogens with zero attached hydrogens (tertiary/aromatic N) is 2. The summed E-state index contributed by atoms with van der Waals surface area (Å²) in [6.07, 6.45) is -0.319. The average molecular weight is 419 g/mol. The van der Waals surface area contributed by atoms with E-state index in [4.69, 9.17) is 16.3 Å². The molecule has 2 aromatic heterocycles. The zero-order valence-electron chi connectivity index (χ0n) is 13.7. The number of sulfonamides is 1. The zero-order chi connectivity index (χ0) is 19.6. The Morgan fingerprint density at radius 1 is 1.37 bits per heavy atom. The fraction of sp³-hybridized carbons (Fsp3) is 0.200. The molecule has 2 N–H and O–H groups in total. The first-order valence-electron chi connectivity index (χ1n) is 7.41. The lowest BCUT2D eigenvalue weighted by Gasteiger charge is -2.11. The van der Waals surface area contributed by atoms with Crippen molar-refractivity contribution in [3.8, 4) is 11.9 Å². The summed E-state index contributed by atoms with van der Waals surface area (Å²) in [5, 5.41) is 0.888. The van der Waals surface area contributed by atoms with Crippen molar-refractivity contribution < 1.29 is 26.7 Å². The quantitative estimate of drug-likeness (QED) is 0.610. The third-order valence-corrected chi connectivity index (χ3v) is 5.04. The standard InChI is InChI=1S/C15H13ClF2N4O4S/c1-25-14-11(5-20-15(21-14)26-7-13(17)18)22-27(23,24)12-6-19-10-4-8(16)2-3-9(10)12/h2-6,13,19,22H,7H2,1H3. The molecule has 2 heterocycles. The monoisotopic (exact) mass is 418 g/mol. The van der Waals surface area contributed by atoms with Crippen molar-refractivity contribution in [1.82, 2.24) is 15.0 Å². The van der Waals surface area contributed by atoms with Crippen LogP contribution >= 0.6 is 11.6 Å². The summed E-state index contributed by atoms with van der Waals surface area (Å²) < 4.78 is 61.8. The van der Waals surface area contributed by atoms with Crippen LogP contribution in [-0.4, -0.2) is 43.5 Å². The van der Waals surface area contributed by atoms with Crippen molar-refractivity contribution in [2.75, 3.05) is 18.4 Å². The third kappa shape index (κ3) is 4.19. The number of ether oxygens (including phenoxy) is 2. The lowest BCUT2D eigenvalue weighted by atomic mass is 10.2. The van der Waals surface area contributed by atoms with Gasteiger partial charge in [0.2, 0.25) is 5.88 Å². The summed E-state index contributed by atoms with van der Waals surface area (Å²) in [5.74, 6) is -0.180. The van der Waals surface area contributed by atoms with E-state index in [1.807, 2.05) is 0 Å². The largest absolute Gasteiger partial charge is 0.479 e. The van der Waals surface area contributed by atoms with E-state index in [-0.39, 0.29) is 22.5 Å². The number of anilines is 1. The van der Waals surface area contributed by atoms with Crippen LogP contribution in [0.4, 0.5) is 14.5 Å². The smallest absolute Gasteiger partial charge is 0.320 e. The Morgan fingerprint density at radius 2 is 2.15 bits per heavy atom. The highest BCUT2D eigenvalue weighted by Gasteiger charge is 2.22. The first-order chi connectivity index (χ1) is 12.8. The summed E-state index contributed by atoms with van der Waals surface area (Å²) in [6.45, 7) is -0.897. The Kier molecular flexibility index (Phi) is 5.33. The van der Waals surface area contributed by atoms with Gasteiger partial charge in [-0.2, -0.15) is 4.98 Å². The number of benzene rings is 1. The van der Waals surface area contributed by atoms with Gasteiger partial charge in [-0.05, 0) is 18.2 Å². The number of hydrogen-bond donors (Lipinski definition) is 2. The number of rotatable bonds is 7. The predicted octanol–water partition coefficient (Wildman–Crippen LogP) is 3.06. The van der Waals surface area contributed by atoms with Crippen LogP contribution in [0.15, 0.2) is 35.5 Å². The van der Waals surface area contributed by atoms with Crippen molar-refractivity contribution >= 4 is 38.2 Å². The highest BCUT2D eigenvalue weighted by atomic mass is 35.5. The van der Waals surface area contributed by atoms with E-state index >= 15 is 0 Å². The Morgan fingerprint density at radius 3 is 2.85 bits per heavy atom. The molecular formula is C15H13ClF2N4O4S. The van der Waals surface area contributed by atoms with E-state index in [1.54, 1.807) is 18.2 Å². The molecular weight excluding hydrogens is 406 g/mol. The zero-order valence-corrected chi connectivity index (χ0v) is 15.3. The van der Waals surface area contributed by atoms with Crippen LogP contribution in [0, 0.1) is 0 Å². The average Bonchev–Trinajstić information content (AvgIpc) is 3.04. The number of H-pyrrole nitrogens is 1. The highest BCUT2D eigenvalue weighted by Crippen LogP contribution is 2.29. The lowest BCUT2D eigenvalue weighted by Crippen LogP contribution is -2.15. The first kappa shape index (κ1) is 19.1. The number of fused-ring (bicyclic) bond motifs is 1. The number of aromatic amines is 1. The molecule has 27 heavy (non-hydrogen) atoms. The van der Waals surface area contributed by atoms with Crippen molar-refractivity contribution in [1.29, 1.82) is 0 Å². The molecule has 0 saturated carbocycles.